The maximum Gasteiger partial charge on any atom is 0.330 e. The Labute approximate surface area is 177 Å². The lowest BCUT2D eigenvalue weighted by Crippen LogP contribution is -2.47. The molecule has 0 saturated carbocycles. The quantitative estimate of drug-likeness (QED) is 0.467. The van der Waals surface area contributed by atoms with Crippen LogP contribution in [0.3, 0.4) is 0 Å². The van der Waals surface area contributed by atoms with E-state index < -0.39 is 0 Å². The summed E-state index contributed by atoms with van der Waals surface area (Å²) in [6.07, 6.45) is 8.20. The predicted octanol–water partition coefficient (Wildman–Crippen LogP) is 3.05. The number of hydrogen-bond acceptors (Lipinski definition) is 5. The molecule has 3 aromatic rings. The summed E-state index contributed by atoms with van der Waals surface area (Å²) in [4.78, 5) is 16.3. The van der Waals surface area contributed by atoms with Crippen LogP contribution in [0.1, 0.15) is 22.7 Å². The largest absolute Gasteiger partial charge is 0.466 e. The number of carbonyl (C=O) groups excluding carboxylic acids is 1. The standard InChI is InChI=1S/C24H28N4O2/c1-26-15-16-27(14-12-21-17-25-28-13-4-3-5-22(21)28)23(18-26)20-9-6-19(7-10-20)8-11-24(29)30-2/h3-11,13,17,23H,12,14-16,18H2,1-2H3/b11-8+. The van der Waals surface area contributed by atoms with E-state index >= 15 is 0 Å². The van der Waals surface area contributed by atoms with Crippen molar-refractivity contribution in [2.75, 3.05) is 40.3 Å². The molecule has 0 aliphatic carbocycles. The van der Waals surface area contributed by atoms with Crippen LogP contribution in [0.5, 0.6) is 0 Å². The number of likely N-dealkylation sites (N-methyl/N-ethyl adjacent to an activating group) is 1. The smallest absolute Gasteiger partial charge is 0.330 e. The molecule has 1 aromatic carbocycles. The van der Waals surface area contributed by atoms with E-state index in [2.05, 4.69) is 63.1 Å². The molecular weight excluding hydrogens is 376 g/mol. The Morgan fingerprint density at radius 3 is 2.83 bits per heavy atom. The molecule has 3 heterocycles. The molecule has 2 aromatic heterocycles. The number of ether oxygens (including phenoxy) is 1. The van der Waals surface area contributed by atoms with Gasteiger partial charge in [0.1, 0.15) is 0 Å². The van der Waals surface area contributed by atoms with Crippen LogP contribution in [0.2, 0.25) is 0 Å². The van der Waals surface area contributed by atoms with E-state index in [1.54, 1.807) is 6.08 Å². The van der Waals surface area contributed by atoms with Gasteiger partial charge in [-0.25, -0.2) is 9.31 Å². The van der Waals surface area contributed by atoms with Gasteiger partial charge in [-0.3, -0.25) is 4.90 Å². The second-order valence-electron chi connectivity index (χ2n) is 7.79. The highest BCUT2D eigenvalue weighted by atomic mass is 16.5. The first-order chi connectivity index (χ1) is 14.6. The van der Waals surface area contributed by atoms with E-state index in [1.807, 2.05) is 23.0 Å². The minimum absolute atomic E-state index is 0.341. The fourth-order valence-corrected chi connectivity index (χ4v) is 4.05. The number of aromatic nitrogens is 2. The lowest BCUT2D eigenvalue weighted by atomic mass is 10.00. The second kappa shape index (κ2) is 9.24. The molecule has 0 bridgehead atoms. The first-order valence-corrected chi connectivity index (χ1v) is 10.3. The third-order valence-corrected chi connectivity index (χ3v) is 5.80. The summed E-state index contributed by atoms with van der Waals surface area (Å²) in [5.41, 5.74) is 4.77. The van der Waals surface area contributed by atoms with Gasteiger partial charge >= 0.3 is 5.97 Å². The fraction of sp³-hybridized carbons (Fsp3) is 0.333. The average Bonchev–Trinajstić information content (AvgIpc) is 3.20. The number of hydrogen-bond donors (Lipinski definition) is 0. The van der Waals surface area contributed by atoms with Gasteiger partial charge < -0.3 is 9.64 Å². The molecule has 1 aliphatic rings. The Hall–Kier alpha value is -2.96. The van der Waals surface area contributed by atoms with Crippen LogP contribution in [0.25, 0.3) is 11.6 Å². The van der Waals surface area contributed by atoms with E-state index in [1.165, 1.54) is 29.8 Å². The highest BCUT2D eigenvalue weighted by Crippen LogP contribution is 2.26. The van der Waals surface area contributed by atoms with Gasteiger partial charge in [-0.2, -0.15) is 5.10 Å². The van der Waals surface area contributed by atoms with Crippen molar-refractivity contribution in [1.82, 2.24) is 19.4 Å². The zero-order valence-corrected chi connectivity index (χ0v) is 17.6. The highest BCUT2D eigenvalue weighted by molar-refractivity contribution is 5.86. The minimum atomic E-state index is -0.341. The lowest BCUT2D eigenvalue weighted by molar-refractivity contribution is -0.134. The number of carbonyl (C=O) groups is 1. The number of benzene rings is 1. The topological polar surface area (TPSA) is 50.1 Å². The van der Waals surface area contributed by atoms with Crippen LogP contribution >= 0.6 is 0 Å². The number of esters is 1. The van der Waals surface area contributed by atoms with E-state index in [-0.39, 0.29) is 5.97 Å². The van der Waals surface area contributed by atoms with Crippen LogP contribution in [-0.4, -0.2) is 65.7 Å². The van der Waals surface area contributed by atoms with Gasteiger partial charge in [0.2, 0.25) is 0 Å². The molecule has 30 heavy (non-hydrogen) atoms. The predicted molar refractivity (Wildman–Crippen MR) is 118 cm³/mol. The molecule has 4 rings (SSSR count). The van der Waals surface area contributed by atoms with Crippen molar-refractivity contribution < 1.29 is 9.53 Å². The number of rotatable bonds is 6. The Morgan fingerprint density at radius 2 is 2.03 bits per heavy atom. The van der Waals surface area contributed by atoms with Crippen molar-refractivity contribution >= 4 is 17.6 Å². The molecule has 1 atom stereocenters. The normalized spacial score (nSPS) is 18.3. The first kappa shape index (κ1) is 20.3. The Balaban J connectivity index is 1.47. The minimum Gasteiger partial charge on any atom is -0.466 e. The summed E-state index contributed by atoms with van der Waals surface area (Å²) in [5, 5.41) is 4.47. The summed E-state index contributed by atoms with van der Waals surface area (Å²) in [7, 11) is 3.57. The number of piperazine rings is 1. The third-order valence-electron chi connectivity index (χ3n) is 5.80. The monoisotopic (exact) mass is 404 g/mol. The van der Waals surface area contributed by atoms with Gasteiger partial charge in [0, 0.05) is 44.5 Å². The van der Waals surface area contributed by atoms with Crippen LogP contribution in [0, 0.1) is 0 Å². The van der Waals surface area contributed by atoms with Gasteiger partial charge in [-0.15, -0.1) is 0 Å². The van der Waals surface area contributed by atoms with Gasteiger partial charge in [-0.05, 0) is 48.4 Å². The molecule has 0 amide bonds. The summed E-state index contributed by atoms with van der Waals surface area (Å²) in [6.45, 7) is 4.13. The number of fused-ring (bicyclic) bond motifs is 1. The second-order valence-corrected chi connectivity index (χ2v) is 7.79. The molecule has 0 radical (unpaired) electrons. The van der Waals surface area contributed by atoms with Crippen molar-refractivity contribution in [3.05, 3.63) is 77.6 Å². The lowest BCUT2D eigenvalue weighted by Gasteiger charge is -2.40. The zero-order valence-electron chi connectivity index (χ0n) is 17.6. The number of pyridine rings is 1. The molecule has 1 fully saturated rings. The molecule has 1 unspecified atom stereocenters. The maximum atomic E-state index is 11.3. The van der Waals surface area contributed by atoms with Crippen LogP contribution in [0.15, 0.2) is 60.9 Å². The molecule has 6 nitrogen and oxygen atoms in total. The zero-order chi connectivity index (χ0) is 20.9. The molecule has 6 heteroatoms. The SMILES string of the molecule is COC(=O)/C=C/c1ccc(C2CN(C)CCN2CCc2cnn3ccccc23)cc1. The molecule has 0 spiro atoms. The van der Waals surface area contributed by atoms with Gasteiger partial charge in [0.25, 0.3) is 0 Å². The number of methoxy groups -OCH3 is 1. The Bertz CT molecular complexity index is 1030. The third kappa shape index (κ3) is 4.61. The van der Waals surface area contributed by atoms with Crippen molar-refractivity contribution in [2.24, 2.45) is 0 Å². The highest BCUT2D eigenvalue weighted by Gasteiger charge is 2.26. The van der Waals surface area contributed by atoms with Gasteiger partial charge in [0.05, 0.1) is 18.8 Å². The molecule has 1 saturated heterocycles. The molecule has 0 N–H and O–H groups in total. The molecule has 1 aliphatic heterocycles. The van der Waals surface area contributed by atoms with Crippen molar-refractivity contribution in [3.63, 3.8) is 0 Å². The molecular formula is C24H28N4O2. The van der Waals surface area contributed by atoms with Crippen molar-refractivity contribution in [3.8, 4) is 0 Å². The fourth-order valence-electron chi connectivity index (χ4n) is 4.05. The summed E-state index contributed by atoms with van der Waals surface area (Å²) < 4.78 is 6.60. The first-order valence-electron chi connectivity index (χ1n) is 10.3. The van der Waals surface area contributed by atoms with Crippen LogP contribution in [-0.2, 0) is 16.0 Å². The summed E-state index contributed by atoms with van der Waals surface area (Å²) in [5.74, 6) is -0.341. The van der Waals surface area contributed by atoms with Crippen LogP contribution in [0.4, 0.5) is 0 Å². The summed E-state index contributed by atoms with van der Waals surface area (Å²) in [6, 6.07) is 15.0. The van der Waals surface area contributed by atoms with Crippen molar-refractivity contribution in [1.29, 1.82) is 0 Å². The maximum absolute atomic E-state index is 11.3. The van der Waals surface area contributed by atoms with E-state index in [0.717, 1.165) is 38.2 Å². The van der Waals surface area contributed by atoms with Crippen LogP contribution < -0.4 is 0 Å². The Morgan fingerprint density at radius 1 is 1.20 bits per heavy atom. The van der Waals surface area contributed by atoms with Crippen molar-refractivity contribution in [2.45, 2.75) is 12.5 Å². The Kier molecular flexibility index (Phi) is 6.26. The average molecular weight is 405 g/mol. The van der Waals surface area contributed by atoms with E-state index in [9.17, 15) is 4.79 Å². The molecule has 156 valence electrons. The van der Waals surface area contributed by atoms with E-state index in [0.29, 0.717) is 6.04 Å². The van der Waals surface area contributed by atoms with Gasteiger partial charge in [0.15, 0.2) is 0 Å². The summed E-state index contributed by atoms with van der Waals surface area (Å²) >= 11 is 0. The van der Waals surface area contributed by atoms with E-state index in [4.69, 9.17) is 0 Å². The van der Waals surface area contributed by atoms with Gasteiger partial charge in [-0.1, -0.05) is 30.3 Å². The number of nitrogens with zero attached hydrogens (tertiary/aromatic N) is 4.